The Morgan fingerprint density at radius 3 is 2.36 bits per heavy atom. The summed E-state index contributed by atoms with van der Waals surface area (Å²) in [5, 5.41) is 2.57. The zero-order valence-corrected chi connectivity index (χ0v) is 13.6. The van der Waals surface area contributed by atoms with E-state index in [1.54, 1.807) is 12.1 Å². The molecule has 0 bridgehead atoms. The van der Waals surface area contributed by atoms with Crippen molar-refractivity contribution in [2.75, 3.05) is 18.0 Å². The second kappa shape index (κ2) is 7.29. The number of nitrogens with two attached hydrogens (primary N) is 1. The second-order valence-electron chi connectivity index (χ2n) is 5.96. The van der Waals surface area contributed by atoms with Crippen LogP contribution in [-0.2, 0) is 4.79 Å². The van der Waals surface area contributed by atoms with E-state index < -0.39 is 23.7 Å². The van der Waals surface area contributed by atoms with Gasteiger partial charge in [0.15, 0.2) is 0 Å². The van der Waals surface area contributed by atoms with Crippen LogP contribution in [0.15, 0.2) is 42.6 Å². The lowest BCUT2D eigenvalue weighted by atomic mass is 10.1. The van der Waals surface area contributed by atoms with E-state index in [1.165, 1.54) is 30.5 Å². The lowest BCUT2D eigenvalue weighted by molar-refractivity contribution is -0.120. The van der Waals surface area contributed by atoms with Crippen molar-refractivity contribution >= 4 is 17.6 Å². The number of halogens is 1. The Kier molecular flexibility index (Phi) is 4.92. The van der Waals surface area contributed by atoms with Gasteiger partial charge >= 0.3 is 0 Å². The van der Waals surface area contributed by atoms with Gasteiger partial charge in [-0.2, -0.15) is 0 Å². The Hall–Kier alpha value is -2.96. The number of primary amides is 1. The molecular formula is C18H19FN4O2. The maximum absolute atomic E-state index is 13.0. The van der Waals surface area contributed by atoms with Crippen molar-refractivity contribution in [2.24, 2.45) is 5.73 Å². The quantitative estimate of drug-likeness (QED) is 0.867. The third kappa shape index (κ3) is 3.93. The van der Waals surface area contributed by atoms with E-state index in [0.717, 1.165) is 31.7 Å². The molecule has 25 heavy (non-hydrogen) atoms. The summed E-state index contributed by atoms with van der Waals surface area (Å²) in [6, 6.07) is 7.68. The lowest BCUT2D eigenvalue weighted by Gasteiger charge is -2.18. The molecule has 0 spiro atoms. The molecule has 1 aromatic carbocycles. The van der Waals surface area contributed by atoms with Gasteiger partial charge in [-0.1, -0.05) is 12.1 Å². The first-order valence-corrected chi connectivity index (χ1v) is 8.11. The second-order valence-corrected chi connectivity index (χ2v) is 5.96. The van der Waals surface area contributed by atoms with Gasteiger partial charge in [-0.05, 0) is 42.7 Å². The number of amides is 2. The number of benzene rings is 1. The Bertz CT molecular complexity index is 756. The van der Waals surface area contributed by atoms with Crippen molar-refractivity contribution in [3.63, 3.8) is 0 Å². The number of hydrogen-bond donors (Lipinski definition) is 2. The predicted octanol–water partition coefficient (Wildman–Crippen LogP) is 1.78. The molecule has 6 nitrogen and oxygen atoms in total. The molecule has 1 aliphatic heterocycles. The summed E-state index contributed by atoms with van der Waals surface area (Å²) in [6.45, 7) is 1.93. The van der Waals surface area contributed by atoms with Crippen LogP contribution in [0.4, 0.5) is 10.2 Å². The average Bonchev–Trinajstić information content (AvgIpc) is 3.15. The zero-order chi connectivity index (χ0) is 17.8. The summed E-state index contributed by atoms with van der Waals surface area (Å²) in [6.07, 6.45) is 3.76. The fourth-order valence-electron chi connectivity index (χ4n) is 2.84. The minimum absolute atomic E-state index is 0.330. The van der Waals surface area contributed by atoms with Crippen molar-refractivity contribution in [3.8, 4) is 0 Å². The minimum atomic E-state index is -1.04. The molecule has 0 aliphatic carbocycles. The average molecular weight is 342 g/mol. The molecule has 2 heterocycles. The topological polar surface area (TPSA) is 88.3 Å². The van der Waals surface area contributed by atoms with Gasteiger partial charge in [-0.25, -0.2) is 9.37 Å². The molecule has 0 saturated carbocycles. The first-order valence-electron chi connectivity index (χ1n) is 8.11. The van der Waals surface area contributed by atoms with Crippen molar-refractivity contribution in [2.45, 2.75) is 18.9 Å². The van der Waals surface area contributed by atoms with E-state index >= 15 is 0 Å². The molecule has 1 fully saturated rings. The number of pyridine rings is 1. The number of hydrogen-bond acceptors (Lipinski definition) is 4. The Morgan fingerprint density at radius 1 is 1.12 bits per heavy atom. The van der Waals surface area contributed by atoms with E-state index in [2.05, 4.69) is 15.2 Å². The molecule has 1 aliphatic rings. The number of nitrogens with one attached hydrogen (secondary N) is 1. The van der Waals surface area contributed by atoms with E-state index in [1.807, 2.05) is 0 Å². The Balaban J connectivity index is 1.72. The van der Waals surface area contributed by atoms with Gasteiger partial charge in [0.05, 0.1) is 5.56 Å². The van der Waals surface area contributed by atoms with Crippen LogP contribution < -0.4 is 16.0 Å². The normalized spacial score (nSPS) is 15.0. The summed E-state index contributed by atoms with van der Waals surface area (Å²) < 4.78 is 13.0. The van der Waals surface area contributed by atoms with Crippen LogP contribution in [0.5, 0.6) is 0 Å². The number of carbonyl (C=O) groups is 2. The highest BCUT2D eigenvalue weighted by Gasteiger charge is 2.21. The molecule has 1 saturated heterocycles. The van der Waals surface area contributed by atoms with E-state index in [9.17, 15) is 14.0 Å². The summed E-state index contributed by atoms with van der Waals surface area (Å²) >= 11 is 0. The van der Waals surface area contributed by atoms with E-state index in [0.29, 0.717) is 11.1 Å². The third-order valence-corrected chi connectivity index (χ3v) is 4.20. The molecule has 3 rings (SSSR count). The molecule has 2 amide bonds. The summed E-state index contributed by atoms with van der Waals surface area (Å²) in [4.78, 5) is 30.5. The Morgan fingerprint density at radius 2 is 1.80 bits per heavy atom. The smallest absolute Gasteiger partial charge is 0.253 e. The zero-order valence-electron chi connectivity index (χ0n) is 13.6. The summed E-state index contributed by atoms with van der Waals surface area (Å²) in [5.41, 5.74) is 6.12. The van der Waals surface area contributed by atoms with Crippen LogP contribution in [0.1, 0.15) is 34.8 Å². The van der Waals surface area contributed by atoms with Crippen LogP contribution in [0, 0.1) is 5.82 Å². The van der Waals surface area contributed by atoms with Crippen molar-refractivity contribution < 1.29 is 14.0 Å². The van der Waals surface area contributed by atoms with Crippen LogP contribution in [0.25, 0.3) is 0 Å². The van der Waals surface area contributed by atoms with Gasteiger partial charge in [-0.15, -0.1) is 0 Å². The number of anilines is 1. The standard InChI is InChI=1S/C18H19FN4O2/c19-14-6-3-12(4-7-14)16(17(20)24)22-18(25)13-5-8-15(21-11-13)23-9-1-2-10-23/h3-8,11,16H,1-2,9-10H2,(H2,20,24)(H,22,25)/t16-/m0/s1. The summed E-state index contributed by atoms with van der Waals surface area (Å²) in [5.74, 6) is -0.783. The molecule has 7 heteroatoms. The maximum atomic E-state index is 13.0. The fourth-order valence-corrected chi connectivity index (χ4v) is 2.84. The number of rotatable bonds is 5. The SMILES string of the molecule is NC(=O)[C@@H](NC(=O)c1ccc(N2CCCC2)nc1)c1ccc(F)cc1. The highest BCUT2D eigenvalue weighted by Crippen LogP contribution is 2.18. The van der Waals surface area contributed by atoms with E-state index in [4.69, 9.17) is 5.73 Å². The van der Waals surface area contributed by atoms with Gasteiger partial charge in [0.2, 0.25) is 5.91 Å². The van der Waals surface area contributed by atoms with Gasteiger partial charge in [-0.3, -0.25) is 9.59 Å². The first-order chi connectivity index (χ1) is 12.0. The number of aromatic nitrogens is 1. The molecule has 130 valence electrons. The summed E-state index contributed by atoms with van der Waals surface area (Å²) in [7, 11) is 0. The van der Waals surface area contributed by atoms with Gasteiger partial charge in [0.1, 0.15) is 17.7 Å². The molecule has 1 atom stereocenters. The maximum Gasteiger partial charge on any atom is 0.253 e. The highest BCUT2D eigenvalue weighted by atomic mass is 19.1. The van der Waals surface area contributed by atoms with Crippen LogP contribution >= 0.6 is 0 Å². The van der Waals surface area contributed by atoms with Crippen molar-refractivity contribution in [1.29, 1.82) is 0 Å². The molecule has 2 aromatic rings. The third-order valence-electron chi connectivity index (χ3n) is 4.20. The van der Waals surface area contributed by atoms with E-state index in [-0.39, 0.29) is 0 Å². The predicted molar refractivity (Wildman–Crippen MR) is 91.5 cm³/mol. The minimum Gasteiger partial charge on any atom is -0.368 e. The van der Waals surface area contributed by atoms with Gasteiger partial charge in [0.25, 0.3) is 5.91 Å². The molecule has 0 radical (unpaired) electrons. The number of nitrogens with zero attached hydrogens (tertiary/aromatic N) is 2. The molecule has 1 aromatic heterocycles. The largest absolute Gasteiger partial charge is 0.368 e. The van der Waals surface area contributed by atoms with Crippen molar-refractivity contribution in [1.82, 2.24) is 10.3 Å². The van der Waals surface area contributed by atoms with Crippen LogP contribution in [0.3, 0.4) is 0 Å². The monoisotopic (exact) mass is 342 g/mol. The first kappa shape index (κ1) is 16.9. The van der Waals surface area contributed by atoms with Gasteiger partial charge in [0, 0.05) is 19.3 Å². The van der Waals surface area contributed by atoms with Gasteiger partial charge < -0.3 is 16.0 Å². The number of carbonyl (C=O) groups excluding carboxylic acids is 2. The van der Waals surface area contributed by atoms with Crippen LogP contribution in [-0.4, -0.2) is 29.9 Å². The Labute approximate surface area is 144 Å². The van der Waals surface area contributed by atoms with Crippen LogP contribution in [0.2, 0.25) is 0 Å². The highest BCUT2D eigenvalue weighted by molar-refractivity contribution is 5.97. The molecular weight excluding hydrogens is 323 g/mol. The fraction of sp³-hybridized carbons (Fsp3) is 0.278. The van der Waals surface area contributed by atoms with Crippen molar-refractivity contribution in [3.05, 3.63) is 59.5 Å². The molecule has 3 N–H and O–H groups in total. The molecule has 0 unspecified atom stereocenters. The lowest BCUT2D eigenvalue weighted by Crippen LogP contribution is -2.37.